The molecule has 0 bridgehead atoms. The largest absolute Gasteiger partial charge is 0.396 e. The Hall–Kier alpha value is -1.40. The Balaban J connectivity index is 2.36. The summed E-state index contributed by atoms with van der Waals surface area (Å²) in [6.45, 7) is 2.47. The van der Waals surface area contributed by atoms with Crippen molar-refractivity contribution in [3.8, 4) is 0 Å². The number of nitrogens with zero attached hydrogens (tertiary/aromatic N) is 1. The average Bonchev–Trinajstić information content (AvgIpc) is 2.35. The standard InChI is InChI=1S/C11H16N2O3S/c1-2-12-16-10-6-9-13-17(14,15)11-7-4-3-5-8-11/h2-5,7-8,13H,6,9-10H2,1H3. The van der Waals surface area contributed by atoms with Gasteiger partial charge in [-0.3, -0.25) is 0 Å². The predicted octanol–water partition coefficient (Wildman–Crippen LogP) is 1.38. The van der Waals surface area contributed by atoms with Gasteiger partial charge >= 0.3 is 0 Å². The molecule has 0 unspecified atom stereocenters. The molecule has 0 heterocycles. The van der Waals surface area contributed by atoms with E-state index in [9.17, 15) is 8.42 Å². The van der Waals surface area contributed by atoms with E-state index in [0.717, 1.165) is 0 Å². The van der Waals surface area contributed by atoms with Crippen LogP contribution < -0.4 is 4.72 Å². The Morgan fingerprint density at radius 3 is 2.71 bits per heavy atom. The number of sulfonamides is 1. The van der Waals surface area contributed by atoms with Gasteiger partial charge in [-0.2, -0.15) is 0 Å². The van der Waals surface area contributed by atoms with Crippen LogP contribution in [-0.2, 0) is 14.9 Å². The Morgan fingerprint density at radius 2 is 2.06 bits per heavy atom. The molecule has 1 aromatic carbocycles. The minimum absolute atomic E-state index is 0.271. The molecular formula is C11H16N2O3S. The van der Waals surface area contributed by atoms with Gasteiger partial charge in [0.05, 0.1) is 4.90 Å². The highest BCUT2D eigenvalue weighted by Gasteiger charge is 2.11. The normalized spacial score (nSPS) is 11.8. The molecule has 0 aromatic heterocycles. The van der Waals surface area contributed by atoms with Crippen LogP contribution >= 0.6 is 0 Å². The van der Waals surface area contributed by atoms with E-state index in [1.165, 1.54) is 6.21 Å². The molecular weight excluding hydrogens is 240 g/mol. The number of hydrogen-bond acceptors (Lipinski definition) is 4. The fourth-order valence-electron chi connectivity index (χ4n) is 1.15. The summed E-state index contributed by atoms with van der Waals surface area (Å²) in [7, 11) is -3.40. The zero-order valence-electron chi connectivity index (χ0n) is 9.67. The van der Waals surface area contributed by atoms with E-state index in [-0.39, 0.29) is 4.90 Å². The van der Waals surface area contributed by atoms with Crippen molar-refractivity contribution in [2.75, 3.05) is 13.2 Å². The van der Waals surface area contributed by atoms with Crippen LogP contribution in [0.3, 0.4) is 0 Å². The maximum Gasteiger partial charge on any atom is 0.240 e. The number of rotatable bonds is 7. The Morgan fingerprint density at radius 1 is 1.35 bits per heavy atom. The lowest BCUT2D eigenvalue weighted by atomic mass is 10.4. The van der Waals surface area contributed by atoms with Crippen LogP contribution in [-0.4, -0.2) is 27.8 Å². The summed E-state index contributed by atoms with van der Waals surface area (Å²) < 4.78 is 26.0. The van der Waals surface area contributed by atoms with Crippen LogP contribution in [0.4, 0.5) is 0 Å². The first-order chi connectivity index (χ1) is 8.17. The number of hydrogen-bond donors (Lipinski definition) is 1. The zero-order chi connectivity index (χ0) is 12.6. The van der Waals surface area contributed by atoms with Gasteiger partial charge < -0.3 is 4.84 Å². The molecule has 5 nitrogen and oxygen atoms in total. The van der Waals surface area contributed by atoms with E-state index < -0.39 is 10.0 Å². The Bertz CT molecular complexity index is 443. The molecule has 6 heteroatoms. The molecule has 0 radical (unpaired) electrons. The van der Waals surface area contributed by atoms with Crippen LogP contribution in [0.1, 0.15) is 13.3 Å². The molecule has 0 aliphatic heterocycles. The van der Waals surface area contributed by atoms with Crippen LogP contribution in [0.2, 0.25) is 0 Å². The summed E-state index contributed by atoms with van der Waals surface area (Å²) in [6, 6.07) is 8.26. The minimum atomic E-state index is -3.40. The fraction of sp³-hybridized carbons (Fsp3) is 0.364. The molecule has 17 heavy (non-hydrogen) atoms. The SMILES string of the molecule is CC=NOCCCNS(=O)(=O)c1ccccc1. The zero-order valence-corrected chi connectivity index (χ0v) is 10.5. The van der Waals surface area contributed by atoms with Gasteiger partial charge in [0.25, 0.3) is 0 Å². The summed E-state index contributed by atoms with van der Waals surface area (Å²) in [6.07, 6.45) is 2.11. The second-order valence-electron chi connectivity index (χ2n) is 3.26. The van der Waals surface area contributed by atoms with Gasteiger partial charge in [0.1, 0.15) is 6.61 Å². The van der Waals surface area contributed by atoms with Gasteiger partial charge in [-0.05, 0) is 25.5 Å². The molecule has 0 amide bonds. The highest BCUT2D eigenvalue weighted by Crippen LogP contribution is 2.06. The third kappa shape index (κ3) is 4.97. The highest BCUT2D eigenvalue weighted by molar-refractivity contribution is 7.89. The molecule has 0 spiro atoms. The lowest BCUT2D eigenvalue weighted by Gasteiger charge is -2.05. The van der Waals surface area contributed by atoms with Gasteiger partial charge in [0.15, 0.2) is 0 Å². The number of nitrogens with one attached hydrogen (secondary N) is 1. The van der Waals surface area contributed by atoms with Crippen molar-refractivity contribution in [1.29, 1.82) is 0 Å². The van der Waals surface area contributed by atoms with E-state index in [4.69, 9.17) is 4.84 Å². The first-order valence-electron chi connectivity index (χ1n) is 5.31. The molecule has 0 atom stereocenters. The molecule has 0 aliphatic rings. The van der Waals surface area contributed by atoms with Crippen molar-refractivity contribution in [1.82, 2.24) is 4.72 Å². The third-order valence-electron chi connectivity index (χ3n) is 1.94. The second kappa shape index (κ2) is 7.03. The van der Waals surface area contributed by atoms with Crippen molar-refractivity contribution in [2.24, 2.45) is 5.16 Å². The lowest BCUT2D eigenvalue weighted by molar-refractivity contribution is 0.144. The van der Waals surface area contributed by atoms with Crippen molar-refractivity contribution < 1.29 is 13.3 Å². The molecule has 0 saturated carbocycles. The molecule has 1 aromatic rings. The van der Waals surface area contributed by atoms with E-state index in [2.05, 4.69) is 9.88 Å². The summed E-state index contributed by atoms with van der Waals surface area (Å²) in [5.74, 6) is 0. The number of oxime groups is 1. The third-order valence-corrected chi connectivity index (χ3v) is 3.41. The summed E-state index contributed by atoms with van der Waals surface area (Å²) in [5.41, 5.74) is 0. The van der Waals surface area contributed by atoms with Crippen LogP contribution in [0.5, 0.6) is 0 Å². The van der Waals surface area contributed by atoms with Gasteiger partial charge in [0, 0.05) is 12.8 Å². The van der Waals surface area contributed by atoms with E-state index in [0.29, 0.717) is 19.6 Å². The molecule has 0 saturated heterocycles. The van der Waals surface area contributed by atoms with E-state index >= 15 is 0 Å². The predicted molar refractivity (Wildman–Crippen MR) is 66.4 cm³/mol. The topological polar surface area (TPSA) is 67.8 Å². The monoisotopic (exact) mass is 256 g/mol. The van der Waals surface area contributed by atoms with Gasteiger partial charge in [0.2, 0.25) is 10.0 Å². The maximum atomic E-state index is 11.7. The summed E-state index contributed by atoms with van der Waals surface area (Å²) in [5, 5.41) is 3.56. The molecule has 0 fully saturated rings. The fourth-order valence-corrected chi connectivity index (χ4v) is 2.25. The quantitative estimate of drug-likeness (QED) is 0.455. The van der Waals surface area contributed by atoms with E-state index in [1.54, 1.807) is 37.3 Å². The average molecular weight is 256 g/mol. The minimum Gasteiger partial charge on any atom is -0.396 e. The number of benzene rings is 1. The van der Waals surface area contributed by atoms with E-state index in [1.807, 2.05) is 0 Å². The van der Waals surface area contributed by atoms with Gasteiger partial charge in [-0.25, -0.2) is 13.1 Å². The van der Waals surface area contributed by atoms with Gasteiger partial charge in [-0.15, -0.1) is 0 Å². The van der Waals surface area contributed by atoms with Crippen molar-refractivity contribution in [2.45, 2.75) is 18.2 Å². The Kier molecular flexibility index (Phi) is 5.65. The van der Waals surface area contributed by atoms with Crippen LogP contribution in [0, 0.1) is 0 Å². The second-order valence-corrected chi connectivity index (χ2v) is 5.03. The molecule has 94 valence electrons. The van der Waals surface area contributed by atoms with Crippen molar-refractivity contribution in [3.05, 3.63) is 30.3 Å². The van der Waals surface area contributed by atoms with Gasteiger partial charge in [-0.1, -0.05) is 23.4 Å². The summed E-state index contributed by atoms with van der Waals surface area (Å²) in [4.78, 5) is 5.11. The van der Waals surface area contributed by atoms with Crippen molar-refractivity contribution in [3.63, 3.8) is 0 Å². The Labute approximate surface area is 102 Å². The molecule has 1 N–H and O–H groups in total. The van der Waals surface area contributed by atoms with Crippen LogP contribution in [0.25, 0.3) is 0 Å². The first-order valence-corrected chi connectivity index (χ1v) is 6.80. The molecule has 0 aliphatic carbocycles. The lowest BCUT2D eigenvalue weighted by Crippen LogP contribution is -2.25. The summed E-state index contributed by atoms with van der Waals surface area (Å²) >= 11 is 0. The van der Waals surface area contributed by atoms with Crippen molar-refractivity contribution >= 4 is 16.2 Å². The highest BCUT2D eigenvalue weighted by atomic mass is 32.2. The van der Waals surface area contributed by atoms with Crippen LogP contribution in [0.15, 0.2) is 40.4 Å². The molecule has 1 rings (SSSR count). The smallest absolute Gasteiger partial charge is 0.240 e. The first kappa shape index (κ1) is 13.7. The maximum absolute atomic E-state index is 11.7.